The van der Waals surface area contributed by atoms with Crippen molar-refractivity contribution in [1.29, 1.82) is 0 Å². The van der Waals surface area contributed by atoms with Gasteiger partial charge < -0.3 is 19.8 Å². The number of allylic oxidation sites excluding steroid dienone is 1. The highest BCUT2D eigenvalue weighted by atomic mass is 16.4. The Balaban J connectivity index is 3.00. The van der Waals surface area contributed by atoms with Crippen LogP contribution in [0, 0.1) is 10.8 Å². The summed E-state index contributed by atoms with van der Waals surface area (Å²) < 4.78 is 0. The normalized spacial score (nSPS) is 36.7. The number of aliphatic carboxylic acids is 2. The van der Waals surface area contributed by atoms with Gasteiger partial charge in [-0.3, -0.25) is 0 Å². The van der Waals surface area contributed by atoms with Crippen LogP contribution in [-0.4, -0.2) is 11.9 Å². The van der Waals surface area contributed by atoms with Gasteiger partial charge >= 0.3 is 0 Å². The van der Waals surface area contributed by atoms with Gasteiger partial charge in [0.15, 0.2) is 0 Å². The van der Waals surface area contributed by atoms with Crippen LogP contribution in [0.2, 0.25) is 0 Å². The molecule has 0 aromatic carbocycles. The average Bonchev–Trinajstić information content (AvgIpc) is 2.03. The second kappa shape index (κ2) is 3.12. The van der Waals surface area contributed by atoms with Crippen molar-refractivity contribution in [2.75, 3.05) is 0 Å². The molecule has 78 valence electrons. The third kappa shape index (κ3) is 1.64. The summed E-state index contributed by atoms with van der Waals surface area (Å²) in [6, 6.07) is 0. The van der Waals surface area contributed by atoms with Crippen LogP contribution < -0.4 is 10.2 Å². The van der Waals surface area contributed by atoms with Gasteiger partial charge in [-0.1, -0.05) is 26.0 Å². The second-order valence-corrected chi connectivity index (χ2v) is 4.34. The molecule has 2 atom stereocenters. The van der Waals surface area contributed by atoms with Crippen LogP contribution in [0.3, 0.4) is 0 Å². The molecule has 0 aromatic rings. The minimum absolute atomic E-state index is 0.0150. The monoisotopic (exact) mass is 196 g/mol. The Morgan fingerprint density at radius 1 is 1.21 bits per heavy atom. The molecule has 1 rings (SSSR count). The van der Waals surface area contributed by atoms with E-state index >= 15 is 0 Å². The van der Waals surface area contributed by atoms with Crippen molar-refractivity contribution in [2.45, 2.75) is 26.7 Å². The Morgan fingerprint density at radius 3 is 2.21 bits per heavy atom. The van der Waals surface area contributed by atoms with Gasteiger partial charge in [0.25, 0.3) is 0 Å². The van der Waals surface area contributed by atoms with E-state index in [2.05, 4.69) is 0 Å². The Hall–Kier alpha value is -1.32. The Morgan fingerprint density at radius 2 is 1.79 bits per heavy atom. The molecule has 0 fully saturated rings. The molecule has 0 bridgehead atoms. The van der Waals surface area contributed by atoms with Crippen LogP contribution in [0.25, 0.3) is 0 Å². The lowest BCUT2D eigenvalue weighted by Crippen LogP contribution is -2.49. The van der Waals surface area contributed by atoms with E-state index in [0.717, 1.165) is 0 Å². The maximum atomic E-state index is 10.8. The molecular formula is C10H12O4-2. The highest BCUT2D eigenvalue weighted by Gasteiger charge is 2.38. The maximum Gasteiger partial charge on any atom is 0.0511 e. The van der Waals surface area contributed by atoms with E-state index in [1.165, 1.54) is 19.9 Å². The molecule has 2 unspecified atom stereocenters. The van der Waals surface area contributed by atoms with E-state index < -0.39 is 22.8 Å². The molecule has 1 aliphatic carbocycles. The Bertz CT molecular complexity index is 307. The molecular weight excluding hydrogens is 184 g/mol. The molecule has 4 nitrogen and oxygen atoms in total. The van der Waals surface area contributed by atoms with Crippen molar-refractivity contribution in [2.24, 2.45) is 10.8 Å². The molecule has 0 spiro atoms. The average molecular weight is 196 g/mol. The van der Waals surface area contributed by atoms with Gasteiger partial charge in [-0.05, 0) is 12.8 Å². The molecule has 4 heteroatoms. The first kappa shape index (κ1) is 10.8. The van der Waals surface area contributed by atoms with Gasteiger partial charge in [-0.25, -0.2) is 0 Å². The first-order valence-corrected chi connectivity index (χ1v) is 4.41. The predicted octanol–water partition coefficient (Wildman–Crippen LogP) is -1.15. The van der Waals surface area contributed by atoms with E-state index in [1.54, 1.807) is 6.08 Å². The number of carbonyl (C=O) groups excluding carboxylic acids is 2. The minimum Gasteiger partial charge on any atom is -0.550 e. The van der Waals surface area contributed by atoms with E-state index in [9.17, 15) is 19.8 Å². The predicted molar refractivity (Wildman–Crippen MR) is 44.6 cm³/mol. The zero-order valence-electron chi connectivity index (χ0n) is 8.20. The molecule has 0 radical (unpaired) electrons. The molecule has 0 saturated carbocycles. The summed E-state index contributed by atoms with van der Waals surface area (Å²) >= 11 is 0. The minimum atomic E-state index is -1.25. The van der Waals surface area contributed by atoms with Gasteiger partial charge in [0.2, 0.25) is 0 Å². The van der Waals surface area contributed by atoms with E-state index in [-0.39, 0.29) is 6.42 Å². The number of carbonyl (C=O) groups is 2. The standard InChI is InChI=1S/C10H14O4/c1-9(7(11)12)4-3-5-10(2,6-9)8(13)14/h3-4H,5-6H2,1-2H3,(H,11,12)(H,13,14)/p-2. The van der Waals surface area contributed by atoms with Crippen molar-refractivity contribution >= 4 is 11.9 Å². The van der Waals surface area contributed by atoms with Crippen LogP contribution in [0.1, 0.15) is 26.7 Å². The quantitative estimate of drug-likeness (QED) is 0.522. The van der Waals surface area contributed by atoms with Gasteiger partial charge in [0.05, 0.1) is 5.97 Å². The number of hydrogen-bond donors (Lipinski definition) is 0. The van der Waals surface area contributed by atoms with Gasteiger partial charge in [-0.2, -0.15) is 0 Å². The van der Waals surface area contributed by atoms with Gasteiger partial charge in [0.1, 0.15) is 0 Å². The van der Waals surface area contributed by atoms with Crippen LogP contribution in [0.4, 0.5) is 0 Å². The lowest BCUT2D eigenvalue weighted by atomic mass is 9.67. The number of rotatable bonds is 2. The summed E-state index contributed by atoms with van der Waals surface area (Å²) in [7, 11) is 0. The van der Waals surface area contributed by atoms with Crippen molar-refractivity contribution in [3.63, 3.8) is 0 Å². The second-order valence-electron chi connectivity index (χ2n) is 4.34. The highest BCUT2D eigenvalue weighted by molar-refractivity contribution is 5.79. The third-order valence-electron chi connectivity index (χ3n) is 2.77. The fourth-order valence-electron chi connectivity index (χ4n) is 1.82. The third-order valence-corrected chi connectivity index (χ3v) is 2.77. The van der Waals surface area contributed by atoms with Crippen LogP contribution in [0.15, 0.2) is 12.2 Å². The van der Waals surface area contributed by atoms with Crippen molar-refractivity contribution in [1.82, 2.24) is 0 Å². The van der Waals surface area contributed by atoms with Gasteiger partial charge in [-0.15, -0.1) is 0 Å². The lowest BCUT2D eigenvalue weighted by Gasteiger charge is -2.42. The molecule has 0 aromatic heterocycles. The summed E-state index contributed by atoms with van der Waals surface area (Å²) in [5, 5.41) is 21.6. The zero-order valence-corrected chi connectivity index (χ0v) is 8.20. The Labute approximate surface area is 82.2 Å². The largest absolute Gasteiger partial charge is 0.550 e. The fraction of sp³-hybridized carbons (Fsp3) is 0.600. The molecule has 0 heterocycles. The van der Waals surface area contributed by atoms with E-state index in [0.29, 0.717) is 6.42 Å². The smallest absolute Gasteiger partial charge is 0.0511 e. The first-order chi connectivity index (χ1) is 6.30. The number of carboxylic acids is 2. The summed E-state index contributed by atoms with van der Waals surface area (Å²) in [4.78, 5) is 21.6. The number of carboxylic acid groups (broad SMARTS) is 2. The molecule has 0 saturated heterocycles. The number of hydrogen-bond acceptors (Lipinski definition) is 4. The topological polar surface area (TPSA) is 80.3 Å². The van der Waals surface area contributed by atoms with E-state index in [1.807, 2.05) is 0 Å². The molecule has 0 N–H and O–H groups in total. The molecule has 0 amide bonds. The first-order valence-electron chi connectivity index (χ1n) is 4.41. The van der Waals surface area contributed by atoms with Crippen LogP contribution >= 0.6 is 0 Å². The lowest BCUT2D eigenvalue weighted by molar-refractivity contribution is -0.325. The van der Waals surface area contributed by atoms with Crippen molar-refractivity contribution in [3.05, 3.63) is 12.2 Å². The SMILES string of the molecule is CC1(C(=O)[O-])C=CCC(C)(C(=O)[O-])C1. The Kier molecular flexibility index (Phi) is 2.39. The van der Waals surface area contributed by atoms with Crippen molar-refractivity contribution < 1.29 is 19.8 Å². The highest BCUT2D eigenvalue weighted by Crippen LogP contribution is 2.41. The maximum absolute atomic E-state index is 10.8. The summed E-state index contributed by atoms with van der Waals surface area (Å²) in [5.74, 6) is -2.46. The molecule has 1 aliphatic rings. The van der Waals surface area contributed by atoms with Crippen LogP contribution in [0.5, 0.6) is 0 Å². The molecule has 14 heavy (non-hydrogen) atoms. The summed E-state index contributed by atoms with van der Waals surface area (Å²) in [5.41, 5.74) is -2.31. The summed E-state index contributed by atoms with van der Waals surface area (Å²) in [6.45, 7) is 2.95. The fourth-order valence-corrected chi connectivity index (χ4v) is 1.82. The molecule has 0 aliphatic heterocycles. The zero-order chi connectivity index (χ0) is 11.0. The van der Waals surface area contributed by atoms with Gasteiger partial charge in [0, 0.05) is 16.8 Å². The van der Waals surface area contributed by atoms with Crippen molar-refractivity contribution in [3.8, 4) is 0 Å². The van der Waals surface area contributed by atoms with Crippen LogP contribution in [-0.2, 0) is 9.59 Å². The summed E-state index contributed by atoms with van der Waals surface area (Å²) in [6.07, 6.45) is 3.38. The van der Waals surface area contributed by atoms with E-state index in [4.69, 9.17) is 0 Å².